The molecular weight excluding hydrogens is 344 g/mol. The summed E-state index contributed by atoms with van der Waals surface area (Å²) in [4.78, 5) is 35.8. The van der Waals surface area contributed by atoms with Crippen LogP contribution in [0.25, 0.3) is 10.9 Å². The normalized spacial score (nSPS) is 10.7. The molecule has 6 nitrogen and oxygen atoms in total. The number of amides is 1. The molecule has 0 atom stereocenters. The van der Waals surface area contributed by atoms with Crippen molar-refractivity contribution < 1.29 is 14.7 Å². The molecule has 1 aromatic heterocycles. The summed E-state index contributed by atoms with van der Waals surface area (Å²) in [6, 6.07) is 13.3. The van der Waals surface area contributed by atoms with Crippen molar-refractivity contribution in [1.82, 2.24) is 9.88 Å². The van der Waals surface area contributed by atoms with Gasteiger partial charge >= 0.3 is 5.97 Å². The van der Waals surface area contributed by atoms with Gasteiger partial charge in [-0.25, -0.2) is 0 Å². The number of fused-ring (bicyclic) bond motifs is 1. The van der Waals surface area contributed by atoms with Crippen molar-refractivity contribution >= 4 is 22.8 Å². The fraction of sp³-hybridized carbons (Fsp3) is 0.190. The molecule has 0 radical (unpaired) electrons. The van der Waals surface area contributed by atoms with Gasteiger partial charge < -0.3 is 15.0 Å². The minimum absolute atomic E-state index is 0.0701. The molecule has 138 valence electrons. The highest BCUT2D eigenvalue weighted by Gasteiger charge is 2.16. The van der Waals surface area contributed by atoms with E-state index in [2.05, 4.69) is 23.5 Å². The summed E-state index contributed by atoms with van der Waals surface area (Å²) in [7, 11) is 0. The number of rotatable bonds is 5. The quantitative estimate of drug-likeness (QED) is 0.728. The van der Waals surface area contributed by atoms with Crippen molar-refractivity contribution in [3.63, 3.8) is 0 Å². The number of carboxylic acids is 1. The first-order valence-electron chi connectivity index (χ1n) is 8.54. The van der Waals surface area contributed by atoms with E-state index in [9.17, 15) is 14.4 Å². The minimum Gasteiger partial charge on any atom is -0.480 e. The Bertz CT molecular complexity index is 1080. The molecule has 0 aliphatic carbocycles. The van der Waals surface area contributed by atoms with Gasteiger partial charge in [-0.3, -0.25) is 14.4 Å². The monoisotopic (exact) mass is 364 g/mol. The average molecular weight is 364 g/mol. The number of pyridine rings is 1. The molecule has 0 aliphatic rings. The minimum atomic E-state index is -1.17. The van der Waals surface area contributed by atoms with Crippen LogP contribution in [0, 0.1) is 13.8 Å². The zero-order chi connectivity index (χ0) is 19.6. The van der Waals surface area contributed by atoms with E-state index in [0.717, 1.165) is 22.2 Å². The number of aromatic nitrogens is 1. The number of nitrogens with one attached hydrogen (secondary N) is 1. The van der Waals surface area contributed by atoms with E-state index in [0.29, 0.717) is 11.9 Å². The number of hydrogen-bond donors (Lipinski definition) is 2. The molecule has 1 heterocycles. The molecule has 0 saturated heterocycles. The smallest absolute Gasteiger partial charge is 0.322 e. The van der Waals surface area contributed by atoms with E-state index >= 15 is 0 Å². The average Bonchev–Trinajstić information content (AvgIpc) is 2.61. The summed E-state index contributed by atoms with van der Waals surface area (Å²) in [6.45, 7) is 3.99. The van der Waals surface area contributed by atoms with E-state index in [1.165, 1.54) is 6.20 Å². The molecule has 2 aromatic carbocycles. The number of para-hydroxylation sites is 1. The van der Waals surface area contributed by atoms with Gasteiger partial charge in [-0.2, -0.15) is 0 Å². The van der Waals surface area contributed by atoms with Gasteiger partial charge in [0.05, 0.1) is 5.52 Å². The van der Waals surface area contributed by atoms with Crippen molar-refractivity contribution in [3.8, 4) is 0 Å². The van der Waals surface area contributed by atoms with Crippen LogP contribution < -0.4 is 10.7 Å². The van der Waals surface area contributed by atoms with E-state index in [1.807, 2.05) is 30.5 Å². The Kier molecular flexibility index (Phi) is 5.07. The second-order valence-electron chi connectivity index (χ2n) is 6.59. The van der Waals surface area contributed by atoms with Crippen molar-refractivity contribution in [2.75, 3.05) is 6.54 Å². The van der Waals surface area contributed by atoms with Gasteiger partial charge in [0.1, 0.15) is 12.1 Å². The van der Waals surface area contributed by atoms with E-state index in [4.69, 9.17) is 5.11 Å². The molecule has 0 saturated carbocycles. The fourth-order valence-corrected chi connectivity index (χ4v) is 3.25. The fourth-order valence-electron chi connectivity index (χ4n) is 3.25. The molecule has 2 N–H and O–H groups in total. The number of nitrogens with zero attached hydrogens (tertiary/aromatic N) is 1. The predicted octanol–water partition coefficient (Wildman–Crippen LogP) is 2.48. The van der Waals surface area contributed by atoms with Crippen LogP contribution in [0.3, 0.4) is 0 Å². The number of aliphatic carboxylic acids is 1. The Morgan fingerprint density at radius 1 is 1.07 bits per heavy atom. The number of carbonyl (C=O) groups is 2. The van der Waals surface area contributed by atoms with Crippen LogP contribution in [0.15, 0.2) is 53.5 Å². The highest BCUT2D eigenvalue weighted by atomic mass is 16.4. The Labute approximate surface area is 156 Å². The van der Waals surface area contributed by atoms with Gasteiger partial charge in [0.15, 0.2) is 0 Å². The molecule has 0 fully saturated rings. The lowest BCUT2D eigenvalue weighted by Crippen LogP contribution is -2.33. The van der Waals surface area contributed by atoms with Crippen LogP contribution >= 0.6 is 0 Å². The molecular formula is C21H20N2O4. The van der Waals surface area contributed by atoms with Crippen LogP contribution in [0.2, 0.25) is 0 Å². The standard InChI is InChI=1S/C21H20N2O4/c1-13-7-14(2)9-15(8-13)11-23-12-17(21(27)22-10-19(24)25)20(26)16-5-3-4-6-18(16)23/h3-9,12H,10-11H2,1-2H3,(H,22,27)(H,24,25). The molecule has 0 spiro atoms. The van der Waals surface area contributed by atoms with E-state index < -0.39 is 23.9 Å². The molecule has 3 aromatic rings. The third-order valence-electron chi connectivity index (χ3n) is 4.27. The van der Waals surface area contributed by atoms with Gasteiger partial charge in [-0.1, -0.05) is 41.5 Å². The van der Waals surface area contributed by atoms with Gasteiger partial charge in [0.2, 0.25) is 5.43 Å². The summed E-state index contributed by atoms with van der Waals surface area (Å²) in [5.41, 5.74) is 3.56. The Morgan fingerprint density at radius 2 is 1.74 bits per heavy atom. The van der Waals surface area contributed by atoms with Crippen LogP contribution in [-0.4, -0.2) is 28.1 Å². The SMILES string of the molecule is Cc1cc(C)cc(Cn2cc(C(=O)NCC(=O)O)c(=O)c3ccccc32)c1. The zero-order valence-corrected chi connectivity index (χ0v) is 15.2. The Hall–Kier alpha value is -3.41. The number of carboxylic acid groups (broad SMARTS) is 1. The lowest BCUT2D eigenvalue weighted by Gasteiger charge is -2.14. The number of benzene rings is 2. The highest BCUT2D eigenvalue weighted by Crippen LogP contribution is 2.16. The maximum Gasteiger partial charge on any atom is 0.322 e. The van der Waals surface area contributed by atoms with Crippen molar-refractivity contribution in [2.45, 2.75) is 20.4 Å². The van der Waals surface area contributed by atoms with E-state index in [-0.39, 0.29) is 5.56 Å². The van der Waals surface area contributed by atoms with Crippen molar-refractivity contribution in [3.05, 3.63) is 81.1 Å². The van der Waals surface area contributed by atoms with Gasteiger partial charge in [0, 0.05) is 18.1 Å². The molecule has 0 aliphatic heterocycles. The first-order chi connectivity index (χ1) is 12.8. The van der Waals surface area contributed by atoms with Crippen LogP contribution in [-0.2, 0) is 11.3 Å². The van der Waals surface area contributed by atoms with Crippen LogP contribution in [0.4, 0.5) is 0 Å². The summed E-state index contributed by atoms with van der Waals surface area (Å²) < 4.78 is 1.85. The second kappa shape index (κ2) is 7.45. The first kappa shape index (κ1) is 18.4. The lowest BCUT2D eigenvalue weighted by molar-refractivity contribution is -0.135. The molecule has 27 heavy (non-hydrogen) atoms. The maximum absolute atomic E-state index is 12.7. The van der Waals surface area contributed by atoms with E-state index in [1.54, 1.807) is 12.1 Å². The summed E-state index contributed by atoms with van der Waals surface area (Å²) in [6.07, 6.45) is 1.50. The van der Waals surface area contributed by atoms with Crippen LogP contribution in [0.5, 0.6) is 0 Å². The number of hydrogen-bond acceptors (Lipinski definition) is 3. The van der Waals surface area contributed by atoms with Gasteiger partial charge in [0.25, 0.3) is 5.91 Å². The highest BCUT2D eigenvalue weighted by molar-refractivity contribution is 5.98. The molecule has 6 heteroatoms. The molecule has 1 amide bonds. The number of carbonyl (C=O) groups excluding carboxylic acids is 1. The Morgan fingerprint density at radius 3 is 2.41 bits per heavy atom. The van der Waals surface area contributed by atoms with Crippen LogP contribution in [0.1, 0.15) is 27.0 Å². The van der Waals surface area contributed by atoms with Crippen molar-refractivity contribution in [1.29, 1.82) is 0 Å². The summed E-state index contributed by atoms with van der Waals surface area (Å²) in [5, 5.41) is 11.4. The maximum atomic E-state index is 12.7. The zero-order valence-electron chi connectivity index (χ0n) is 15.2. The molecule has 0 bridgehead atoms. The largest absolute Gasteiger partial charge is 0.480 e. The van der Waals surface area contributed by atoms with Gasteiger partial charge in [-0.15, -0.1) is 0 Å². The van der Waals surface area contributed by atoms with Gasteiger partial charge in [-0.05, 0) is 31.5 Å². The molecule has 3 rings (SSSR count). The third-order valence-corrected chi connectivity index (χ3v) is 4.27. The second-order valence-corrected chi connectivity index (χ2v) is 6.59. The summed E-state index contributed by atoms with van der Waals surface area (Å²) >= 11 is 0. The summed E-state index contributed by atoms with van der Waals surface area (Å²) in [5.74, 6) is -1.86. The first-order valence-corrected chi connectivity index (χ1v) is 8.54. The lowest BCUT2D eigenvalue weighted by atomic mass is 10.1. The topological polar surface area (TPSA) is 88.4 Å². The Balaban J connectivity index is 2.11. The van der Waals surface area contributed by atoms with Crippen molar-refractivity contribution in [2.24, 2.45) is 0 Å². The molecule has 0 unspecified atom stereocenters. The predicted molar refractivity (Wildman–Crippen MR) is 103 cm³/mol. The third kappa shape index (κ3) is 4.06. The number of aryl methyl sites for hydroxylation is 2.